The third-order valence-corrected chi connectivity index (χ3v) is 3.56. The van der Waals surface area contributed by atoms with Crippen LogP contribution in [0.1, 0.15) is 27.0 Å². The van der Waals surface area contributed by atoms with E-state index >= 15 is 0 Å². The van der Waals surface area contributed by atoms with Crippen molar-refractivity contribution in [2.45, 2.75) is 13.8 Å². The SMILES string of the molecule is Cc1ccc(C)c(C(=O)c2ccc(Cl)c(Cl)c2)c1. The number of aryl methyl sites for hydroxylation is 2. The maximum atomic E-state index is 12.4. The van der Waals surface area contributed by atoms with Crippen LogP contribution in [-0.4, -0.2) is 5.78 Å². The molecule has 0 amide bonds. The average Bonchev–Trinajstić information content (AvgIpc) is 2.35. The van der Waals surface area contributed by atoms with Crippen molar-refractivity contribution in [2.24, 2.45) is 0 Å². The van der Waals surface area contributed by atoms with Gasteiger partial charge in [0.1, 0.15) is 0 Å². The number of rotatable bonds is 2. The van der Waals surface area contributed by atoms with Crippen LogP contribution in [0.2, 0.25) is 10.0 Å². The zero-order chi connectivity index (χ0) is 13.3. The maximum absolute atomic E-state index is 12.4. The zero-order valence-corrected chi connectivity index (χ0v) is 11.6. The highest BCUT2D eigenvalue weighted by Gasteiger charge is 2.13. The minimum Gasteiger partial charge on any atom is -0.289 e. The van der Waals surface area contributed by atoms with Gasteiger partial charge in [-0.25, -0.2) is 0 Å². The highest BCUT2D eigenvalue weighted by Crippen LogP contribution is 2.24. The minimum atomic E-state index is -0.0326. The van der Waals surface area contributed by atoms with Gasteiger partial charge in [0.05, 0.1) is 10.0 Å². The number of halogens is 2. The van der Waals surface area contributed by atoms with Crippen LogP contribution < -0.4 is 0 Å². The topological polar surface area (TPSA) is 17.1 Å². The Bertz CT molecular complexity index is 618. The van der Waals surface area contributed by atoms with Gasteiger partial charge in [0.25, 0.3) is 0 Å². The van der Waals surface area contributed by atoms with Crippen molar-refractivity contribution < 1.29 is 4.79 Å². The molecular formula is C15H12Cl2O. The van der Waals surface area contributed by atoms with Gasteiger partial charge in [-0.1, -0.05) is 40.9 Å². The molecule has 0 fully saturated rings. The van der Waals surface area contributed by atoms with E-state index in [1.165, 1.54) is 0 Å². The Morgan fingerprint density at radius 2 is 1.67 bits per heavy atom. The van der Waals surface area contributed by atoms with Crippen LogP contribution in [-0.2, 0) is 0 Å². The lowest BCUT2D eigenvalue weighted by molar-refractivity contribution is 0.103. The summed E-state index contributed by atoms with van der Waals surface area (Å²) < 4.78 is 0. The second kappa shape index (κ2) is 5.13. The summed E-state index contributed by atoms with van der Waals surface area (Å²) in [4.78, 5) is 12.4. The molecule has 1 nitrogen and oxygen atoms in total. The van der Waals surface area contributed by atoms with E-state index in [1.807, 2.05) is 32.0 Å². The van der Waals surface area contributed by atoms with Crippen molar-refractivity contribution in [3.05, 3.63) is 68.7 Å². The summed E-state index contributed by atoms with van der Waals surface area (Å²) in [5.74, 6) is -0.0326. The van der Waals surface area contributed by atoms with E-state index in [0.717, 1.165) is 11.1 Å². The molecule has 0 heterocycles. The Morgan fingerprint density at radius 3 is 2.33 bits per heavy atom. The van der Waals surface area contributed by atoms with Crippen LogP contribution in [0.25, 0.3) is 0 Å². The van der Waals surface area contributed by atoms with E-state index in [9.17, 15) is 4.79 Å². The molecule has 0 radical (unpaired) electrons. The first-order valence-corrected chi connectivity index (χ1v) is 6.31. The van der Waals surface area contributed by atoms with E-state index in [2.05, 4.69) is 0 Å². The number of carbonyl (C=O) groups is 1. The van der Waals surface area contributed by atoms with Gasteiger partial charge in [-0.3, -0.25) is 4.79 Å². The number of hydrogen-bond acceptors (Lipinski definition) is 1. The Morgan fingerprint density at radius 1 is 0.944 bits per heavy atom. The third kappa shape index (κ3) is 2.58. The summed E-state index contributed by atoms with van der Waals surface area (Å²) in [5.41, 5.74) is 3.27. The Labute approximate surface area is 116 Å². The highest BCUT2D eigenvalue weighted by molar-refractivity contribution is 6.42. The van der Waals surface area contributed by atoms with Crippen LogP contribution in [0.5, 0.6) is 0 Å². The Hall–Kier alpha value is -1.31. The summed E-state index contributed by atoms with van der Waals surface area (Å²) in [6, 6.07) is 10.8. The number of hydrogen-bond donors (Lipinski definition) is 0. The molecule has 18 heavy (non-hydrogen) atoms. The molecule has 0 spiro atoms. The molecule has 0 aromatic heterocycles. The number of benzene rings is 2. The largest absolute Gasteiger partial charge is 0.289 e. The van der Waals surface area contributed by atoms with Gasteiger partial charge in [-0.2, -0.15) is 0 Å². The molecule has 92 valence electrons. The molecule has 0 bridgehead atoms. The zero-order valence-electron chi connectivity index (χ0n) is 10.1. The van der Waals surface area contributed by atoms with E-state index in [-0.39, 0.29) is 5.78 Å². The summed E-state index contributed by atoms with van der Waals surface area (Å²) in [6.45, 7) is 3.88. The predicted molar refractivity (Wildman–Crippen MR) is 75.8 cm³/mol. The monoisotopic (exact) mass is 278 g/mol. The number of carbonyl (C=O) groups excluding carboxylic acids is 1. The molecular weight excluding hydrogens is 267 g/mol. The fraction of sp³-hybridized carbons (Fsp3) is 0.133. The van der Waals surface area contributed by atoms with Gasteiger partial charge in [0.2, 0.25) is 0 Å². The van der Waals surface area contributed by atoms with Crippen LogP contribution in [0.4, 0.5) is 0 Å². The van der Waals surface area contributed by atoms with Crippen molar-refractivity contribution in [1.29, 1.82) is 0 Å². The molecule has 2 aromatic carbocycles. The van der Waals surface area contributed by atoms with Crippen molar-refractivity contribution >= 4 is 29.0 Å². The second-order valence-corrected chi connectivity index (χ2v) is 5.09. The first kappa shape index (κ1) is 13.1. The van der Waals surface area contributed by atoms with E-state index in [1.54, 1.807) is 18.2 Å². The molecule has 2 aromatic rings. The smallest absolute Gasteiger partial charge is 0.193 e. The van der Waals surface area contributed by atoms with Crippen molar-refractivity contribution in [2.75, 3.05) is 0 Å². The second-order valence-electron chi connectivity index (χ2n) is 4.28. The predicted octanol–water partition coefficient (Wildman–Crippen LogP) is 4.84. The molecule has 0 unspecified atom stereocenters. The van der Waals surface area contributed by atoms with Crippen molar-refractivity contribution in [3.63, 3.8) is 0 Å². The minimum absolute atomic E-state index is 0.0326. The molecule has 0 aliphatic carbocycles. The summed E-state index contributed by atoms with van der Waals surface area (Å²) in [7, 11) is 0. The van der Waals surface area contributed by atoms with E-state index in [0.29, 0.717) is 21.2 Å². The van der Waals surface area contributed by atoms with E-state index in [4.69, 9.17) is 23.2 Å². The number of ketones is 1. The molecule has 0 aliphatic heterocycles. The summed E-state index contributed by atoms with van der Waals surface area (Å²) in [6.07, 6.45) is 0. The van der Waals surface area contributed by atoms with Crippen molar-refractivity contribution in [1.82, 2.24) is 0 Å². The highest BCUT2D eigenvalue weighted by atomic mass is 35.5. The molecule has 0 aliphatic rings. The first-order valence-electron chi connectivity index (χ1n) is 5.56. The van der Waals surface area contributed by atoms with Gasteiger partial charge in [0.15, 0.2) is 5.78 Å². The van der Waals surface area contributed by atoms with Crippen LogP contribution in [0.3, 0.4) is 0 Å². The van der Waals surface area contributed by atoms with Gasteiger partial charge in [-0.15, -0.1) is 0 Å². The normalized spacial score (nSPS) is 10.4. The summed E-state index contributed by atoms with van der Waals surface area (Å²) in [5, 5.41) is 0.849. The molecule has 0 saturated carbocycles. The third-order valence-electron chi connectivity index (χ3n) is 2.82. The average molecular weight is 279 g/mol. The lowest BCUT2D eigenvalue weighted by Crippen LogP contribution is -2.04. The fourth-order valence-corrected chi connectivity index (χ4v) is 2.07. The quantitative estimate of drug-likeness (QED) is 0.719. The first-order chi connectivity index (χ1) is 8.49. The molecule has 0 atom stereocenters. The molecule has 2 rings (SSSR count). The summed E-state index contributed by atoms with van der Waals surface area (Å²) >= 11 is 11.8. The molecule has 3 heteroatoms. The Balaban J connectivity index is 2.47. The fourth-order valence-electron chi connectivity index (χ4n) is 1.77. The van der Waals surface area contributed by atoms with E-state index < -0.39 is 0 Å². The molecule has 0 N–H and O–H groups in total. The maximum Gasteiger partial charge on any atom is 0.193 e. The standard InChI is InChI=1S/C15H12Cl2O/c1-9-3-4-10(2)12(7-9)15(18)11-5-6-13(16)14(17)8-11/h3-8H,1-2H3. The van der Waals surface area contributed by atoms with Crippen molar-refractivity contribution in [3.8, 4) is 0 Å². The van der Waals surface area contributed by atoms with Crippen LogP contribution >= 0.6 is 23.2 Å². The van der Waals surface area contributed by atoms with Gasteiger partial charge in [-0.05, 0) is 43.7 Å². The van der Waals surface area contributed by atoms with Gasteiger partial charge < -0.3 is 0 Å². The van der Waals surface area contributed by atoms with Gasteiger partial charge >= 0.3 is 0 Å². The van der Waals surface area contributed by atoms with Gasteiger partial charge in [0, 0.05) is 11.1 Å². The lowest BCUT2D eigenvalue weighted by Gasteiger charge is -2.07. The lowest BCUT2D eigenvalue weighted by atomic mass is 9.97. The Kier molecular flexibility index (Phi) is 3.74. The molecule has 0 saturated heterocycles. The van der Waals surface area contributed by atoms with Crippen LogP contribution in [0.15, 0.2) is 36.4 Å². The van der Waals surface area contributed by atoms with Crippen LogP contribution in [0, 0.1) is 13.8 Å².